The van der Waals surface area contributed by atoms with Crippen LogP contribution in [0.25, 0.3) is 0 Å². The Hall–Kier alpha value is -5.50. The van der Waals surface area contributed by atoms with Gasteiger partial charge < -0.3 is 19.3 Å². The summed E-state index contributed by atoms with van der Waals surface area (Å²) < 4.78 is 14.3. The van der Waals surface area contributed by atoms with Crippen molar-refractivity contribution in [2.75, 3.05) is 6.61 Å². The predicted octanol–water partition coefficient (Wildman–Crippen LogP) is 9.40. The zero-order valence-corrected chi connectivity index (χ0v) is 42.3. The third-order valence-corrected chi connectivity index (χ3v) is 19.7. The van der Waals surface area contributed by atoms with Crippen LogP contribution in [-0.4, -0.2) is 52.5 Å². The van der Waals surface area contributed by atoms with Crippen LogP contribution in [0.5, 0.6) is 0 Å². The van der Waals surface area contributed by atoms with Gasteiger partial charge in [-0.2, -0.15) is 0 Å². The largest absolute Gasteiger partial charge is 0.411 e. The lowest BCUT2D eigenvalue weighted by molar-refractivity contribution is -0.118. The van der Waals surface area contributed by atoms with Crippen molar-refractivity contribution in [2.45, 2.75) is 193 Å². The maximum atomic E-state index is 13.2. The molecule has 0 rings (SSSR count). The fourth-order valence-electron chi connectivity index (χ4n) is 5.18. The highest BCUT2D eigenvalue weighted by atomic mass is 28.4. The Morgan fingerprint density at radius 2 is 0.825 bits per heavy atom. The second kappa shape index (κ2) is 34.0. The Kier molecular flexibility index (Phi) is 31.1. The highest BCUT2D eigenvalue weighted by molar-refractivity contribution is 6.74. The van der Waals surface area contributed by atoms with Gasteiger partial charge in [-0.15, -0.1) is 0 Å². The molecule has 0 radical (unpaired) electrons. The number of hydrogen-bond acceptors (Lipinski definition) is 4. The molecule has 3 atom stereocenters. The number of unbranched alkanes of at least 4 members (excludes halogenated alkanes) is 11. The monoisotopic (exact) mass is 875 g/mol. The standard InChI is InChI=1S/C56H69NO4Si2/c1-13-15-17-19-21-23-25-27-28-29-30-31-32-33-34-35-36-37-39-41-43-45-47-49-53(59)57-51(50-58)54(61-63(11,12)56(6,7)8)52(60-62(9,10)55(3,4)5)48-46-44-42-40-38-26-24-22-20-18-16-14-2/h51-52,54,58H,14,16,18,20,22,24,26,38,40,42,44,46,48,50H2,1-12H3,(H,57,59)/t51-,52+,54-/m0/s1. The molecule has 0 saturated carbocycles. The van der Waals surface area contributed by atoms with E-state index in [2.05, 4.69) is 222 Å². The van der Waals surface area contributed by atoms with Crippen LogP contribution < -0.4 is 5.32 Å². The van der Waals surface area contributed by atoms with Crippen LogP contribution in [-0.2, 0) is 13.6 Å². The van der Waals surface area contributed by atoms with Gasteiger partial charge in [0.15, 0.2) is 16.6 Å². The van der Waals surface area contributed by atoms with Crippen LogP contribution in [0.15, 0.2) is 0 Å². The lowest BCUT2D eigenvalue weighted by Crippen LogP contribution is -2.59. The minimum atomic E-state index is -2.39. The van der Waals surface area contributed by atoms with Crippen LogP contribution in [0.1, 0.15) is 139 Å². The maximum Gasteiger partial charge on any atom is 0.297 e. The second-order valence-corrected chi connectivity index (χ2v) is 27.3. The van der Waals surface area contributed by atoms with Crippen molar-refractivity contribution in [3.05, 3.63) is 0 Å². The number of nitrogens with one attached hydrogen (secondary N) is 1. The van der Waals surface area contributed by atoms with Crippen LogP contribution >= 0.6 is 0 Å². The minimum Gasteiger partial charge on any atom is -0.411 e. The average molecular weight is 876 g/mol. The number of amides is 1. The molecule has 0 aliphatic heterocycles. The lowest BCUT2D eigenvalue weighted by atomic mass is 9.99. The average Bonchev–Trinajstić information content (AvgIpc) is 3.21. The Bertz CT molecular complexity index is 2250. The molecule has 0 saturated heterocycles. The molecule has 0 aliphatic carbocycles. The summed E-state index contributed by atoms with van der Waals surface area (Å²) in [5, 5.41) is 13.6. The summed E-state index contributed by atoms with van der Waals surface area (Å²) in [4.78, 5) is 13.2. The molecule has 330 valence electrons. The van der Waals surface area contributed by atoms with Crippen molar-refractivity contribution in [3.8, 4) is 142 Å². The summed E-state index contributed by atoms with van der Waals surface area (Å²) in [6.07, 6.45) is 15.0. The molecule has 0 aliphatic rings. The van der Waals surface area contributed by atoms with Gasteiger partial charge in [-0.25, -0.2) is 0 Å². The van der Waals surface area contributed by atoms with Crippen molar-refractivity contribution in [1.82, 2.24) is 5.32 Å². The zero-order chi connectivity index (χ0) is 47.3. The fraction of sp³-hybridized carbons (Fsp3) is 0.554. The SMILES string of the molecule is CC#CC#CC#CC#CC#CC#CC#CC#CC#CC#CC#CC#CC(=O)N[C@@H](CO)[C@H](O[Si](C)(C)C(C)(C)C)[C@@H](CCCCCCCCCCCCCC)O[Si](C)(C)C(C)(C)C. The van der Waals surface area contributed by atoms with E-state index in [1.165, 1.54) is 64.2 Å². The van der Waals surface area contributed by atoms with E-state index in [-0.39, 0.29) is 22.8 Å². The summed E-state index contributed by atoms with van der Waals surface area (Å²) in [5.41, 5.74) is 0. The van der Waals surface area contributed by atoms with E-state index in [4.69, 9.17) is 8.85 Å². The highest BCUT2D eigenvalue weighted by Gasteiger charge is 2.46. The summed E-state index contributed by atoms with van der Waals surface area (Å²) >= 11 is 0. The topological polar surface area (TPSA) is 67.8 Å². The normalized spacial score (nSPS) is 11.3. The quantitative estimate of drug-likeness (QED) is 0.0686. The van der Waals surface area contributed by atoms with Gasteiger partial charge in [-0.3, -0.25) is 4.79 Å². The van der Waals surface area contributed by atoms with E-state index >= 15 is 0 Å². The molecular formula is C56H69NO4Si2. The first kappa shape index (κ1) is 57.5. The zero-order valence-electron chi connectivity index (χ0n) is 40.3. The smallest absolute Gasteiger partial charge is 0.297 e. The molecule has 5 nitrogen and oxygen atoms in total. The van der Waals surface area contributed by atoms with Crippen molar-refractivity contribution >= 4 is 22.5 Å². The minimum absolute atomic E-state index is 0.0383. The van der Waals surface area contributed by atoms with Gasteiger partial charge in [-0.05, 0) is 144 Å². The van der Waals surface area contributed by atoms with Crippen molar-refractivity contribution in [1.29, 1.82) is 0 Å². The van der Waals surface area contributed by atoms with Crippen LogP contribution in [0.3, 0.4) is 0 Å². The summed E-state index contributed by atoms with van der Waals surface area (Å²) in [6.45, 7) is 25.8. The molecule has 0 aromatic carbocycles. The lowest BCUT2D eigenvalue weighted by Gasteiger charge is -2.47. The predicted molar refractivity (Wildman–Crippen MR) is 268 cm³/mol. The van der Waals surface area contributed by atoms with Crippen LogP contribution in [0.4, 0.5) is 0 Å². The first-order chi connectivity index (χ1) is 29.9. The number of aliphatic hydroxyl groups is 1. The number of carbonyl (C=O) groups is 1. The van der Waals surface area contributed by atoms with Gasteiger partial charge in [0.05, 0.1) is 24.9 Å². The summed E-state index contributed by atoms with van der Waals surface area (Å²) in [7, 11) is -4.66. The maximum absolute atomic E-state index is 13.2. The van der Waals surface area contributed by atoms with Crippen LogP contribution in [0.2, 0.25) is 36.3 Å². The van der Waals surface area contributed by atoms with Gasteiger partial charge in [0.2, 0.25) is 0 Å². The van der Waals surface area contributed by atoms with E-state index < -0.39 is 34.7 Å². The third kappa shape index (κ3) is 29.4. The van der Waals surface area contributed by atoms with E-state index in [9.17, 15) is 9.90 Å². The molecular weight excluding hydrogens is 807 g/mol. The molecule has 63 heavy (non-hydrogen) atoms. The fourth-order valence-corrected chi connectivity index (χ4v) is 7.89. The summed E-state index contributed by atoms with van der Waals surface area (Å²) in [5.74, 6) is 60.6. The van der Waals surface area contributed by atoms with Gasteiger partial charge in [0.1, 0.15) is 0 Å². The first-order valence-electron chi connectivity index (χ1n) is 22.1. The van der Waals surface area contributed by atoms with Gasteiger partial charge >= 0.3 is 0 Å². The molecule has 0 aromatic heterocycles. The van der Waals surface area contributed by atoms with Crippen molar-refractivity contribution in [2.24, 2.45) is 0 Å². The van der Waals surface area contributed by atoms with E-state index in [0.717, 1.165) is 19.3 Å². The summed E-state index contributed by atoms with van der Waals surface area (Å²) in [6, 6.07) is -0.731. The van der Waals surface area contributed by atoms with Gasteiger partial charge in [-0.1, -0.05) is 131 Å². The molecule has 0 heterocycles. The molecule has 0 spiro atoms. The number of aliphatic hydroxyl groups excluding tert-OH is 1. The Balaban J connectivity index is 5.81. The van der Waals surface area contributed by atoms with E-state index in [0.29, 0.717) is 0 Å². The number of carbonyl (C=O) groups excluding carboxylic acids is 1. The van der Waals surface area contributed by atoms with Crippen LogP contribution in [0, 0.1) is 142 Å². The molecule has 2 N–H and O–H groups in total. The van der Waals surface area contributed by atoms with E-state index in [1.54, 1.807) is 6.92 Å². The van der Waals surface area contributed by atoms with Gasteiger partial charge in [0.25, 0.3) is 5.91 Å². The molecule has 0 bridgehead atoms. The molecule has 0 fully saturated rings. The third-order valence-electron chi connectivity index (χ3n) is 10.7. The van der Waals surface area contributed by atoms with E-state index in [1.807, 2.05) is 0 Å². The Morgan fingerprint density at radius 1 is 0.508 bits per heavy atom. The number of hydrogen-bond donors (Lipinski definition) is 2. The molecule has 1 amide bonds. The molecule has 0 aromatic rings. The molecule has 7 heteroatoms. The molecule has 0 unspecified atom stereocenters. The number of rotatable bonds is 21. The second-order valence-electron chi connectivity index (χ2n) is 17.8. The Morgan fingerprint density at radius 3 is 1.16 bits per heavy atom. The Labute approximate surface area is 387 Å². The highest BCUT2D eigenvalue weighted by Crippen LogP contribution is 2.41. The van der Waals surface area contributed by atoms with Crippen molar-refractivity contribution in [3.63, 3.8) is 0 Å². The van der Waals surface area contributed by atoms with Gasteiger partial charge in [0, 0.05) is 41.4 Å². The first-order valence-corrected chi connectivity index (χ1v) is 27.9. The van der Waals surface area contributed by atoms with Crippen molar-refractivity contribution < 1.29 is 18.8 Å².